The first kappa shape index (κ1) is 69.7. The van der Waals surface area contributed by atoms with E-state index in [0.717, 1.165) is 70.6 Å². The van der Waals surface area contributed by atoms with Gasteiger partial charge in [0.25, 0.3) is 7.82 Å². The molecule has 0 N–H and O–H groups in total. The second-order valence-corrected chi connectivity index (χ2v) is 22.7. The Hall–Kier alpha value is -2.29. The second-order valence-electron chi connectivity index (χ2n) is 21.3. The number of ether oxygens (including phenoxy) is 2. The SMILES string of the molecule is CC/C=C\C/C=C\C/C=C\C/C=C\CCCCCCC(=O)OC(COC(=O)CCCCCCCCCCCCCCCCCCCCC/C=C\CCCCCCCCCC)COP(=O)([O-])OCC[N+](C)(C)C. The molecule has 0 bridgehead atoms. The first-order valence-corrected chi connectivity index (χ1v) is 31.5. The van der Waals surface area contributed by atoms with Crippen LogP contribution in [0.2, 0.25) is 0 Å². The van der Waals surface area contributed by atoms with Gasteiger partial charge in [-0.3, -0.25) is 14.2 Å². The van der Waals surface area contributed by atoms with Crippen LogP contribution in [0.15, 0.2) is 60.8 Å². The Morgan fingerprint density at radius 1 is 0.444 bits per heavy atom. The van der Waals surface area contributed by atoms with E-state index in [1.165, 1.54) is 167 Å². The molecule has 0 aromatic carbocycles. The summed E-state index contributed by atoms with van der Waals surface area (Å²) >= 11 is 0. The van der Waals surface area contributed by atoms with Gasteiger partial charge in [-0.15, -0.1) is 0 Å². The molecule has 420 valence electrons. The predicted octanol–water partition coefficient (Wildman–Crippen LogP) is 18.1. The molecule has 9 nitrogen and oxygen atoms in total. The van der Waals surface area contributed by atoms with Gasteiger partial charge in [-0.2, -0.15) is 0 Å². The van der Waals surface area contributed by atoms with Crippen molar-refractivity contribution < 1.29 is 42.1 Å². The fourth-order valence-electron chi connectivity index (χ4n) is 8.41. The van der Waals surface area contributed by atoms with Crippen molar-refractivity contribution in [1.82, 2.24) is 0 Å². The molecule has 0 aliphatic heterocycles. The number of hydrogen-bond donors (Lipinski definition) is 0. The lowest BCUT2D eigenvalue weighted by atomic mass is 10.0. The molecule has 0 saturated carbocycles. The number of hydrogen-bond acceptors (Lipinski definition) is 8. The first-order valence-electron chi connectivity index (χ1n) is 30.0. The summed E-state index contributed by atoms with van der Waals surface area (Å²) in [6.07, 6.45) is 68.6. The van der Waals surface area contributed by atoms with Crippen molar-refractivity contribution in [2.24, 2.45) is 0 Å². The molecule has 0 spiro atoms. The number of unbranched alkanes of at least 4 members (excludes halogenated alkanes) is 31. The average molecular weight is 1030 g/mol. The van der Waals surface area contributed by atoms with E-state index in [9.17, 15) is 19.0 Å². The van der Waals surface area contributed by atoms with E-state index in [2.05, 4.69) is 74.6 Å². The van der Waals surface area contributed by atoms with Crippen molar-refractivity contribution in [2.45, 2.75) is 277 Å². The van der Waals surface area contributed by atoms with E-state index in [4.69, 9.17) is 18.5 Å². The van der Waals surface area contributed by atoms with Crippen LogP contribution in [-0.2, 0) is 32.7 Å². The summed E-state index contributed by atoms with van der Waals surface area (Å²) in [6, 6.07) is 0. The highest BCUT2D eigenvalue weighted by Gasteiger charge is 2.22. The number of carbonyl (C=O) groups excluding carboxylic acids is 2. The molecule has 0 fully saturated rings. The Labute approximate surface area is 445 Å². The largest absolute Gasteiger partial charge is 0.756 e. The number of rotatable bonds is 55. The van der Waals surface area contributed by atoms with Crippen LogP contribution >= 0.6 is 7.82 Å². The molecular weight excluding hydrogens is 918 g/mol. The minimum absolute atomic E-state index is 0.0370. The van der Waals surface area contributed by atoms with Gasteiger partial charge in [0, 0.05) is 12.8 Å². The van der Waals surface area contributed by atoms with Gasteiger partial charge in [0.05, 0.1) is 27.7 Å². The van der Waals surface area contributed by atoms with Crippen LogP contribution in [0.25, 0.3) is 0 Å². The third-order valence-electron chi connectivity index (χ3n) is 13.0. The van der Waals surface area contributed by atoms with Gasteiger partial charge in [-0.05, 0) is 77.0 Å². The van der Waals surface area contributed by atoms with Crippen molar-refractivity contribution in [3.8, 4) is 0 Å². The Morgan fingerprint density at radius 3 is 1.19 bits per heavy atom. The van der Waals surface area contributed by atoms with E-state index in [1.807, 2.05) is 21.1 Å². The van der Waals surface area contributed by atoms with Crippen molar-refractivity contribution in [3.05, 3.63) is 60.8 Å². The van der Waals surface area contributed by atoms with Gasteiger partial charge in [0.2, 0.25) is 0 Å². The number of quaternary nitrogens is 1. The van der Waals surface area contributed by atoms with E-state index in [-0.39, 0.29) is 32.0 Å². The van der Waals surface area contributed by atoms with Crippen molar-refractivity contribution in [2.75, 3.05) is 47.5 Å². The minimum atomic E-state index is -4.64. The van der Waals surface area contributed by atoms with Gasteiger partial charge in [-0.25, -0.2) is 0 Å². The van der Waals surface area contributed by atoms with Crippen molar-refractivity contribution in [3.63, 3.8) is 0 Å². The molecule has 0 aliphatic rings. The molecule has 0 aromatic heterocycles. The Bertz CT molecular complexity index is 1400. The summed E-state index contributed by atoms with van der Waals surface area (Å²) in [5.74, 6) is -0.854. The third-order valence-corrected chi connectivity index (χ3v) is 14.0. The molecule has 0 aliphatic carbocycles. The third kappa shape index (κ3) is 57.0. The molecule has 0 saturated heterocycles. The molecule has 0 radical (unpaired) electrons. The minimum Gasteiger partial charge on any atom is -0.756 e. The summed E-state index contributed by atoms with van der Waals surface area (Å²) < 4.78 is 34.1. The van der Waals surface area contributed by atoms with Gasteiger partial charge >= 0.3 is 11.9 Å². The monoisotopic (exact) mass is 1030 g/mol. The number of nitrogens with zero attached hydrogens (tertiary/aromatic N) is 1. The zero-order chi connectivity index (χ0) is 52.7. The molecule has 0 rings (SSSR count). The smallest absolute Gasteiger partial charge is 0.306 e. The number of phosphoric acid groups is 1. The summed E-state index contributed by atoms with van der Waals surface area (Å²) in [7, 11) is 1.15. The molecule has 2 atom stereocenters. The summed E-state index contributed by atoms with van der Waals surface area (Å²) in [5, 5.41) is 0. The number of esters is 2. The standard InChI is InChI=1S/C62H114NO8P/c1-6-8-10-12-14-16-18-20-22-24-25-26-27-28-29-30-31-32-33-34-35-36-37-39-40-42-44-46-48-50-52-54-61(64)68-58-60(59-70-72(66,67)69-57-56-63(3,4)5)71-62(65)55-53-51-49-47-45-43-41-38-23-21-19-17-15-13-11-9-7-2/h9,11,15,17,21,23-25,41,43,60H,6-8,10,12-14,16,18-20,22,26-40,42,44-59H2,1-5H3/b11-9-,17-15-,23-21-,25-24-,43-41-. The highest BCUT2D eigenvalue weighted by atomic mass is 31.2. The predicted molar refractivity (Wildman–Crippen MR) is 305 cm³/mol. The molecular formula is C62H114NO8P. The molecule has 10 heteroatoms. The maximum Gasteiger partial charge on any atom is 0.306 e. The van der Waals surface area contributed by atoms with Crippen molar-refractivity contribution >= 4 is 19.8 Å². The lowest BCUT2D eigenvalue weighted by molar-refractivity contribution is -0.870. The molecule has 0 heterocycles. The lowest BCUT2D eigenvalue weighted by Crippen LogP contribution is -2.37. The van der Waals surface area contributed by atoms with Gasteiger partial charge in [-0.1, -0.05) is 242 Å². The summed E-state index contributed by atoms with van der Waals surface area (Å²) in [4.78, 5) is 37.8. The van der Waals surface area contributed by atoms with E-state index < -0.39 is 26.5 Å². The number of allylic oxidation sites excluding steroid dienone is 10. The number of likely N-dealkylation sites (N-methyl/N-ethyl adjacent to an activating group) is 1. The maximum absolute atomic E-state index is 12.8. The van der Waals surface area contributed by atoms with Crippen molar-refractivity contribution in [1.29, 1.82) is 0 Å². The quantitative estimate of drug-likeness (QED) is 0.0195. The van der Waals surface area contributed by atoms with Gasteiger partial charge in [0.1, 0.15) is 19.8 Å². The topological polar surface area (TPSA) is 111 Å². The number of carbonyl (C=O) groups is 2. The van der Waals surface area contributed by atoms with E-state index in [1.54, 1.807) is 0 Å². The zero-order valence-electron chi connectivity index (χ0n) is 47.6. The normalized spacial score (nSPS) is 13.7. The summed E-state index contributed by atoms with van der Waals surface area (Å²) in [6.45, 7) is 4.12. The molecule has 0 aromatic rings. The number of phosphoric ester groups is 1. The van der Waals surface area contributed by atoms with Crippen LogP contribution in [0.3, 0.4) is 0 Å². The molecule has 2 unspecified atom stereocenters. The highest BCUT2D eigenvalue weighted by molar-refractivity contribution is 7.45. The first-order chi connectivity index (χ1) is 35.0. The summed E-state index contributed by atoms with van der Waals surface area (Å²) in [5.41, 5.74) is 0. The fraction of sp³-hybridized carbons (Fsp3) is 0.806. The zero-order valence-corrected chi connectivity index (χ0v) is 48.5. The molecule has 72 heavy (non-hydrogen) atoms. The Morgan fingerprint density at radius 2 is 0.792 bits per heavy atom. The van der Waals surface area contributed by atoms with Crippen LogP contribution in [0.4, 0.5) is 0 Å². The fourth-order valence-corrected chi connectivity index (χ4v) is 9.14. The Balaban J connectivity index is 4.05. The molecule has 0 amide bonds. The Kier molecular flexibility index (Phi) is 51.8. The lowest BCUT2D eigenvalue weighted by Gasteiger charge is -2.28. The second kappa shape index (κ2) is 53.5. The van der Waals surface area contributed by atoms with E-state index in [0.29, 0.717) is 17.4 Å². The van der Waals surface area contributed by atoms with Crippen LogP contribution in [-0.4, -0.2) is 70.0 Å². The van der Waals surface area contributed by atoms with E-state index >= 15 is 0 Å². The van der Waals surface area contributed by atoms with Gasteiger partial charge < -0.3 is 27.9 Å². The average Bonchev–Trinajstić information content (AvgIpc) is 3.34. The highest BCUT2D eigenvalue weighted by Crippen LogP contribution is 2.38. The maximum atomic E-state index is 12.8. The van der Waals surface area contributed by atoms with Crippen LogP contribution in [0.1, 0.15) is 271 Å². The van der Waals surface area contributed by atoms with Crippen LogP contribution < -0.4 is 4.89 Å². The van der Waals surface area contributed by atoms with Crippen LogP contribution in [0.5, 0.6) is 0 Å². The van der Waals surface area contributed by atoms with Gasteiger partial charge in [0.15, 0.2) is 6.10 Å². The van der Waals surface area contributed by atoms with Crippen LogP contribution in [0, 0.1) is 0 Å².